The first kappa shape index (κ1) is 16.0. The van der Waals surface area contributed by atoms with Crippen LogP contribution in [-0.2, 0) is 4.79 Å². The lowest BCUT2D eigenvalue weighted by Crippen LogP contribution is -2.47. The minimum Gasteiger partial charge on any atom is -0.496 e. The number of amides is 3. The number of carbonyl (C=O) groups is 2. The highest BCUT2D eigenvalue weighted by molar-refractivity contribution is 5.96. The van der Waals surface area contributed by atoms with E-state index in [4.69, 9.17) is 10.5 Å². The smallest absolute Gasteiger partial charge is 0.318 e. The van der Waals surface area contributed by atoms with E-state index < -0.39 is 18.0 Å². The average molecular weight is 279 g/mol. The molecule has 0 saturated heterocycles. The van der Waals surface area contributed by atoms with E-state index in [1.165, 1.54) is 0 Å². The van der Waals surface area contributed by atoms with E-state index in [0.29, 0.717) is 0 Å². The highest BCUT2D eigenvalue weighted by Gasteiger charge is 2.19. The third-order valence-corrected chi connectivity index (χ3v) is 2.99. The zero-order valence-electron chi connectivity index (χ0n) is 12.2. The summed E-state index contributed by atoms with van der Waals surface area (Å²) in [5, 5.41) is 5.15. The number of hydrogen-bond acceptors (Lipinski definition) is 4. The molecule has 1 aromatic rings. The van der Waals surface area contributed by atoms with Gasteiger partial charge in [0.05, 0.1) is 13.2 Å². The molecule has 0 aliphatic carbocycles. The molecule has 0 aromatic heterocycles. The lowest BCUT2D eigenvalue weighted by atomic mass is 10.0. The lowest BCUT2D eigenvalue weighted by Gasteiger charge is -2.21. The normalized spacial score (nSPS) is 13.4. The number of rotatable bonds is 5. The van der Waals surface area contributed by atoms with Crippen molar-refractivity contribution in [3.05, 3.63) is 29.3 Å². The maximum absolute atomic E-state index is 11.6. The van der Waals surface area contributed by atoms with E-state index in [9.17, 15) is 9.59 Å². The minimum atomic E-state index is -0.857. The topological polar surface area (TPSA) is 93.4 Å². The third kappa shape index (κ3) is 4.24. The maximum Gasteiger partial charge on any atom is 0.318 e. The van der Waals surface area contributed by atoms with Gasteiger partial charge in [0.2, 0.25) is 5.91 Å². The van der Waals surface area contributed by atoms with E-state index in [1.807, 2.05) is 37.4 Å². The Morgan fingerprint density at radius 2 is 1.95 bits per heavy atom. The molecule has 0 aliphatic heterocycles. The molecule has 0 bridgehead atoms. The molecule has 0 unspecified atom stereocenters. The molecule has 0 spiro atoms. The van der Waals surface area contributed by atoms with Crippen molar-refractivity contribution in [3.63, 3.8) is 0 Å². The van der Waals surface area contributed by atoms with Crippen LogP contribution in [-0.4, -0.2) is 25.1 Å². The first-order valence-electron chi connectivity index (χ1n) is 6.36. The van der Waals surface area contributed by atoms with Crippen molar-refractivity contribution in [2.75, 3.05) is 7.11 Å². The first-order valence-corrected chi connectivity index (χ1v) is 6.36. The molecule has 6 nitrogen and oxygen atoms in total. The van der Waals surface area contributed by atoms with Crippen molar-refractivity contribution in [1.82, 2.24) is 10.6 Å². The Labute approximate surface area is 118 Å². The number of nitrogens with two attached hydrogens (primary N) is 1. The van der Waals surface area contributed by atoms with Gasteiger partial charge in [-0.1, -0.05) is 17.7 Å². The van der Waals surface area contributed by atoms with Gasteiger partial charge in [-0.15, -0.1) is 0 Å². The van der Waals surface area contributed by atoms with Crippen LogP contribution >= 0.6 is 0 Å². The van der Waals surface area contributed by atoms with Crippen molar-refractivity contribution in [3.8, 4) is 5.75 Å². The fraction of sp³-hybridized carbons (Fsp3) is 0.429. The van der Waals surface area contributed by atoms with Crippen LogP contribution < -0.4 is 21.1 Å². The molecule has 4 N–H and O–H groups in total. The van der Waals surface area contributed by atoms with Crippen LogP contribution in [0.15, 0.2) is 18.2 Å². The molecule has 1 aromatic carbocycles. The fourth-order valence-corrected chi connectivity index (χ4v) is 1.96. The highest BCUT2D eigenvalue weighted by atomic mass is 16.5. The molecule has 110 valence electrons. The fourth-order valence-electron chi connectivity index (χ4n) is 1.96. The lowest BCUT2D eigenvalue weighted by molar-refractivity contribution is -0.121. The van der Waals surface area contributed by atoms with Crippen LogP contribution in [0.25, 0.3) is 0 Å². The first-order chi connectivity index (χ1) is 9.35. The number of urea groups is 1. The second-order valence-corrected chi connectivity index (χ2v) is 4.71. The van der Waals surface area contributed by atoms with Crippen LogP contribution in [0.2, 0.25) is 0 Å². The summed E-state index contributed by atoms with van der Waals surface area (Å²) in [6.45, 7) is 5.57. The Morgan fingerprint density at radius 1 is 1.30 bits per heavy atom. The Morgan fingerprint density at radius 3 is 2.50 bits per heavy atom. The van der Waals surface area contributed by atoms with E-state index in [-0.39, 0.29) is 6.04 Å². The van der Waals surface area contributed by atoms with Crippen LogP contribution in [0.1, 0.15) is 31.0 Å². The Balaban J connectivity index is 2.80. The Kier molecular flexibility index (Phi) is 5.52. The van der Waals surface area contributed by atoms with Gasteiger partial charge in [0.1, 0.15) is 5.75 Å². The van der Waals surface area contributed by atoms with E-state index >= 15 is 0 Å². The molecular weight excluding hydrogens is 258 g/mol. The van der Waals surface area contributed by atoms with Gasteiger partial charge in [-0.3, -0.25) is 15.4 Å². The summed E-state index contributed by atoms with van der Waals surface area (Å²) in [5.41, 5.74) is 6.97. The van der Waals surface area contributed by atoms with Crippen LogP contribution in [0, 0.1) is 6.92 Å². The maximum atomic E-state index is 11.6. The van der Waals surface area contributed by atoms with Gasteiger partial charge in [-0.2, -0.15) is 0 Å². The number of methoxy groups -OCH3 is 1. The number of ether oxygens (including phenoxy) is 1. The number of nitrogens with one attached hydrogen (secondary N) is 2. The van der Waals surface area contributed by atoms with E-state index in [0.717, 1.165) is 16.9 Å². The summed E-state index contributed by atoms with van der Waals surface area (Å²) in [6, 6.07) is 4.32. The summed E-state index contributed by atoms with van der Waals surface area (Å²) in [7, 11) is 1.60. The number of aryl methyl sites for hydroxylation is 1. The molecule has 0 saturated carbocycles. The molecule has 2 atom stereocenters. The summed E-state index contributed by atoms with van der Waals surface area (Å²) in [5.74, 6) is 0.286. The molecule has 0 radical (unpaired) electrons. The largest absolute Gasteiger partial charge is 0.496 e. The van der Waals surface area contributed by atoms with Gasteiger partial charge >= 0.3 is 6.03 Å². The van der Waals surface area contributed by atoms with Crippen LogP contribution in [0.3, 0.4) is 0 Å². The van der Waals surface area contributed by atoms with Gasteiger partial charge in [0.15, 0.2) is 0 Å². The number of benzene rings is 1. The standard InChI is InChI=1S/C14H21N3O3/c1-8-5-6-12(20-4)11(7-8)9(2)16-10(3)13(18)17-14(15)19/h5-7,9-10,16H,1-4H3,(H3,15,17,18,19)/t9-,10+/m1/s1. The molecule has 0 heterocycles. The molecule has 0 fully saturated rings. The predicted molar refractivity (Wildman–Crippen MR) is 76.5 cm³/mol. The van der Waals surface area contributed by atoms with Gasteiger partial charge in [0, 0.05) is 11.6 Å². The highest BCUT2D eigenvalue weighted by Crippen LogP contribution is 2.26. The number of imide groups is 1. The van der Waals surface area contributed by atoms with Crippen molar-refractivity contribution in [1.29, 1.82) is 0 Å². The number of hydrogen-bond donors (Lipinski definition) is 3. The quantitative estimate of drug-likeness (QED) is 0.756. The van der Waals surface area contributed by atoms with E-state index in [1.54, 1.807) is 14.0 Å². The van der Waals surface area contributed by atoms with Gasteiger partial charge in [-0.05, 0) is 26.8 Å². The molecule has 1 rings (SSSR count). The average Bonchev–Trinajstić information content (AvgIpc) is 2.37. The zero-order chi connectivity index (χ0) is 15.3. The van der Waals surface area contributed by atoms with Gasteiger partial charge < -0.3 is 10.5 Å². The zero-order valence-corrected chi connectivity index (χ0v) is 12.2. The van der Waals surface area contributed by atoms with Crippen molar-refractivity contribution >= 4 is 11.9 Å². The summed E-state index contributed by atoms with van der Waals surface area (Å²) in [4.78, 5) is 22.3. The molecule has 6 heteroatoms. The van der Waals surface area contributed by atoms with Gasteiger partial charge in [0.25, 0.3) is 0 Å². The monoisotopic (exact) mass is 279 g/mol. The van der Waals surface area contributed by atoms with E-state index in [2.05, 4.69) is 5.32 Å². The van der Waals surface area contributed by atoms with Crippen molar-refractivity contribution < 1.29 is 14.3 Å². The second kappa shape index (κ2) is 6.91. The Hall–Kier alpha value is -2.08. The SMILES string of the molecule is COc1ccc(C)cc1[C@@H](C)N[C@@H](C)C(=O)NC(N)=O. The molecule has 0 aliphatic rings. The number of primary amides is 1. The molecule has 20 heavy (non-hydrogen) atoms. The summed E-state index contributed by atoms with van der Waals surface area (Å²) in [6.07, 6.45) is 0. The summed E-state index contributed by atoms with van der Waals surface area (Å²) < 4.78 is 5.31. The van der Waals surface area contributed by atoms with Crippen molar-refractivity contribution in [2.45, 2.75) is 32.9 Å². The minimum absolute atomic E-state index is 0.113. The predicted octanol–water partition coefficient (Wildman–Crippen LogP) is 1.24. The molecular formula is C14H21N3O3. The summed E-state index contributed by atoms with van der Waals surface area (Å²) >= 11 is 0. The van der Waals surface area contributed by atoms with Gasteiger partial charge in [-0.25, -0.2) is 4.79 Å². The second-order valence-electron chi connectivity index (χ2n) is 4.71. The third-order valence-electron chi connectivity index (χ3n) is 2.99. The molecule has 3 amide bonds. The van der Waals surface area contributed by atoms with Crippen molar-refractivity contribution in [2.24, 2.45) is 5.73 Å². The van der Waals surface area contributed by atoms with Crippen LogP contribution in [0.5, 0.6) is 5.75 Å². The Bertz CT molecular complexity index is 502. The number of carbonyl (C=O) groups excluding carboxylic acids is 2. The van der Waals surface area contributed by atoms with Crippen LogP contribution in [0.4, 0.5) is 4.79 Å².